The number of Topliss-reactive ketones (excluding diaryl/α,β-unsaturated/α-hetero) is 2. The molecule has 0 aromatic heterocycles. The van der Waals surface area contributed by atoms with Crippen molar-refractivity contribution in [2.45, 2.75) is 98.1 Å². The van der Waals surface area contributed by atoms with Gasteiger partial charge in [0.1, 0.15) is 5.78 Å². The summed E-state index contributed by atoms with van der Waals surface area (Å²) in [4.78, 5) is 72.9. The van der Waals surface area contributed by atoms with Gasteiger partial charge in [-0.3, -0.25) is 38.6 Å². The quantitative estimate of drug-likeness (QED) is 0.321. The standard InChI is InChI=1S/C14H23NO3S.C12H20N2O3S.C2H6/c1-9(2)8-15-13(17)7-12(14(15)18)19-6-5-11(16)10(3)4;1-4-14-10(15)5-9(12(14)17)18-6-8(13)11(16)7(2)3;1-2/h9-10,12H,5-8H2,1-4H3;7-9H,4-6,13H2,1-3H3;1-2H3. The molecule has 2 heterocycles. The molecule has 2 N–H and O–H groups in total. The van der Waals surface area contributed by atoms with E-state index in [1.165, 1.54) is 33.3 Å². The molecular formula is C28H49N3O6S2. The zero-order valence-corrected chi connectivity index (χ0v) is 26.8. The third-order valence-corrected chi connectivity index (χ3v) is 8.52. The number of imide groups is 2. The second-order valence-corrected chi connectivity index (χ2v) is 12.9. The molecule has 2 saturated heterocycles. The van der Waals surface area contributed by atoms with Crippen LogP contribution in [0.5, 0.6) is 0 Å². The Morgan fingerprint density at radius 1 is 0.846 bits per heavy atom. The van der Waals surface area contributed by atoms with Gasteiger partial charge in [0.05, 0.1) is 16.5 Å². The average molecular weight is 588 g/mol. The fraction of sp³-hybridized carbons (Fsp3) is 0.786. The second-order valence-electron chi connectivity index (χ2n) is 10.3. The molecule has 224 valence electrons. The molecule has 3 unspecified atom stereocenters. The van der Waals surface area contributed by atoms with Crippen LogP contribution in [0.4, 0.5) is 0 Å². The number of hydrogen-bond acceptors (Lipinski definition) is 9. The van der Waals surface area contributed by atoms with Gasteiger partial charge in [-0.25, -0.2) is 0 Å². The van der Waals surface area contributed by atoms with Gasteiger partial charge in [0, 0.05) is 55.7 Å². The van der Waals surface area contributed by atoms with Gasteiger partial charge in [-0.1, -0.05) is 55.4 Å². The number of nitrogens with zero attached hydrogens (tertiary/aromatic N) is 2. The predicted octanol–water partition coefficient (Wildman–Crippen LogP) is 3.56. The number of carbonyl (C=O) groups is 6. The maximum Gasteiger partial charge on any atom is 0.242 e. The van der Waals surface area contributed by atoms with Crippen molar-refractivity contribution in [2.24, 2.45) is 23.5 Å². The molecule has 0 aliphatic carbocycles. The van der Waals surface area contributed by atoms with Gasteiger partial charge in [-0.15, -0.1) is 23.5 Å². The van der Waals surface area contributed by atoms with Crippen LogP contribution >= 0.6 is 23.5 Å². The van der Waals surface area contributed by atoms with E-state index in [0.29, 0.717) is 36.9 Å². The van der Waals surface area contributed by atoms with Gasteiger partial charge in [0.15, 0.2) is 5.78 Å². The molecule has 0 spiro atoms. The summed E-state index contributed by atoms with van der Waals surface area (Å²) >= 11 is 2.75. The number of likely N-dealkylation sites (tertiary alicyclic amines) is 2. The van der Waals surface area contributed by atoms with E-state index in [0.717, 1.165) is 0 Å². The lowest BCUT2D eigenvalue weighted by molar-refractivity contribution is -0.140. The highest BCUT2D eigenvalue weighted by Gasteiger charge is 2.39. The molecular weight excluding hydrogens is 538 g/mol. The molecule has 0 aromatic carbocycles. The first-order valence-corrected chi connectivity index (χ1v) is 16.0. The number of thioether (sulfide) groups is 2. The van der Waals surface area contributed by atoms with E-state index in [2.05, 4.69) is 0 Å². The highest BCUT2D eigenvalue weighted by Crippen LogP contribution is 2.27. The van der Waals surface area contributed by atoms with Gasteiger partial charge in [0.2, 0.25) is 23.6 Å². The van der Waals surface area contributed by atoms with Crippen molar-refractivity contribution in [1.82, 2.24) is 9.80 Å². The summed E-state index contributed by atoms with van der Waals surface area (Å²) in [6, 6.07) is -0.562. The summed E-state index contributed by atoms with van der Waals surface area (Å²) in [5.74, 6) is 0.989. The molecule has 2 fully saturated rings. The van der Waals surface area contributed by atoms with Crippen LogP contribution in [-0.4, -0.2) is 86.1 Å². The Hall–Kier alpha value is -1.72. The average Bonchev–Trinajstić information content (AvgIpc) is 3.31. The number of amides is 4. The Labute approximate surface area is 243 Å². The van der Waals surface area contributed by atoms with Crippen LogP contribution in [0.25, 0.3) is 0 Å². The summed E-state index contributed by atoms with van der Waals surface area (Å²) in [5.41, 5.74) is 5.76. The summed E-state index contributed by atoms with van der Waals surface area (Å²) in [7, 11) is 0. The van der Waals surface area contributed by atoms with Gasteiger partial charge >= 0.3 is 0 Å². The minimum Gasteiger partial charge on any atom is -0.321 e. The summed E-state index contributed by atoms with van der Waals surface area (Å²) in [5, 5.41) is -0.658. The zero-order valence-electron chi connectivity index (χ0n) is 25.2. The molecule has 9 nitrogen and oxygen atoms in total. The van der Waals surface area contributed by atoms with Crippen molar-refractivity contribution in [3.8, 4) is 0 Å². The maximum absolute atomic E-state index is 12.1. The van der Waals surface area contributed by atoms with E-state index in [-0.39, 0.29) is 70.4 Å². The highest BCUT2D eigenvalue weighted by atomic mass is 32.2. The van der Waals surface area contributed by atoms with Gasteiger partial charge < -0.3 is 5.73 Å². The van der Waals surface area contributed by atoms with Crippen LogP contribution in [0.1, 0.15) is 81.6 Å². The van der Waals surface area contributed by atoms with Crippen LogP contribution < -0.4 is 5.73 Å². The monoisotopic (exact) mass is 587 g/mol. The highest BCUT2D eigenvalue weighted by molar-refractivity contribution is 8.00. The van der Waals surface area contributed by atoms with Crippen molar-refractivity contribution in [2.75, 3.05) is 24.6 Å². The molecule has 2 rings (SSSR count). The van der Waals surface area contributed by atoms with Gasteiger partial charge in [-0.05, 0) is 12.8 Å². The van der Waals surface area contributed by atoms with Crippen LogP contribution in [0.15, 0.2) is 0 Å². The zero-order chi connectivity index (χ0) is 30.4. The number of carbonyl (C=O) groups excluding carboxylic acids is 6. The third-order valence-electron chi connectivity index (χ3n) is 5.99. The lowest BCUT2D eigenvalue weighted by Gasteiger charge is -2.16. The molecule has 2 aliphatic rings. The summed E-state index contributed by atoms with van der Waals surface area (Å²) in [6.45, 7) is 18.0. The first-order chi connectivity index (χ1) is 18.2. The SMILES string of the molecule is CC.CC(C)CN1C(=O)CC(SCCC(=O)C(C)C)C1=O.CCN1C(=O)CC(SCC(N)C(=O)C(C)C)C1=O. The fourth-order valence-corrected chi connectivity index (χ4v) is 6.04. The van der Waals surface area contributed by atoms with E-state index in [9.17, 15) is 28.8 Å². The Bertz CT molecular complexity index is 862. The summed E-state index contributed by atoms with van der Waals surface area (Å²) in [6.07, 6.45) is 0.983. The molecule has 11 heteroatoms. The van der Waals surface area contributed by atoms with Crippen molar-refractivity contribution >= 4 is 58.7 Å². The molecule has 0 aromatic rings. The van der Waals surface area contributed by atoms with Crippen molar-refractivity contribution < 1.29 is 28.8 Å². The molecule has 4 amide bonds. The lowest BCUT2D eigenvalue weighted by Crippen LogP contribution is -2.37. The van der Waals surface area contributed by atoms with Crippen LogP contribution in [-0.2, 0) is 28.8 Å². The van der Waals surface area contributed by atoms with Crippen LogP contribution in [0, 0.1) is 17.8 Å². The van der Waals surface area contributed by atoms with E-state index in [4.69, 9.17) is 5.73 Å². The number of rotatable bonds is 13. The Morgan fingerprint density at radius 2 is 1.33 bits per heavy atom. The lowest BCUT2D eigenvalue weighted by atomic mass is 10.0. The number of nitrogens with two attached hydrogens (primary N) is 1. The van der Waals surface area contributed by atoms with E-state index in [1.54, 1.807) is 20.8 Å². The fourth-order valence-electron chi connectivity index (χ4n) is 3.78. The van der Waals surface area contributed by atoms with Crippen LogP contribution in [0.2, 0.25) is 0 Å². The second kappa shape index (κ2) is 18.6. The Kier molecular flexibility index (Phi) is 17.8. The molecule has 39 heavy (non-hydrogen) atoms. The minimum absolute atomic E-state index is 0.00776. The molecule has 2 aliphatic heterocycles. The van der Waals surface area contributed by atoms with E-state index in [1.807, 2.05) is 41.5 Å². The summed E-state index contributed by atoms with van der Waals surface area (Å²) < 4.78 is 0. The number of ketones is 2. The Balaban J connectivity index is 0.000000697. The van der Waals surface area contributed by atoms with Crippen molar-refractivity contribution in [1.29, 1.82) is 0 Å². The normalized spacial score (nSPS) is 19.9. The maximum atomic E-state index is 12.1. The van der Waals surface area contributed by atoms with Gasteiger partial charge in [-0.2, -0.15) is 0 Å². The predicted molar refractivity (Wildman–Crippen MR) is 159 cm³/mol. The first-order valence-electron chi connectivity index (χ1n) is 13.9. The third kappa shape index (κ3) is 12.1. The largest absolute Gasteiger partial charge is 0.321 e. The molecule has 0 radical (unpaired) electrons. The van der Waals surface area contributed by atoms with E-state index >= 15 is 0 Å². The topological polar surface area (TPSA) is 135 Å². The minimum atomic E-state index is -0.562. The number of hydrogen-bond donors (Lipinski definition) is 1. The molecule has 0 saturated carbocycles. The molecule has 0 bridgehead atoms. The molecule has 3 atom stereocenters. The smallest absolute Gasteiger partial charge is 0.242 e. The Morgan fingerprint density at radius 3 is 1.77 bits per heavy atom. The first kappa shape index (κ1) is 37.3. The van der Waals surface area contributed by atoms with Crippen molar-refractivity contribution in [3.05, 3.63) is 0 Å². The van der Waals surface area contributed by atoms with Gasteiger partial charge in [0.25, 0.3) is 0 Å². The van der Waals surface area contributed by atoms with E-state index < -0.39 is 6.04 Å². The van der Waals surface area contributed by atoms with Crippen LogP contribution in [0.3, 0.4) is 0 Å². The van der Waals surface area contributed by atoms with Crippen molar-refractivity contribution in [3.63, 3.8) is 0 Å².